The molecule has 11 heteroatoms. The summed E-state index contributed by atoms with van der Waals surface area (Å²) in [5.41, 5.74) is -0.184. The number of hydrogen-bond donors (Lipinski definition) is 0. The second kappa shape index (κ2) is 8.14. The van der Waals surface area contributed by atoms with Crippen LogP contribution in [0.25, 0.3) is 0 Å². The monoisotopic (exact) mass is 488 g/mol. The van der Waals surface area contributed by atoms with Gasteiger partial charge in [-0.15, -0.1) is 0 Å². The first-order chi connectivity index (χ1) is 14.5. The summed E-state index contributed by atoms with van der Waals surface area (Å²) >= 11 is 6.84. The number of aliphatic imine (C=N–C) groups is 1. The summed E-state index contributed by atoms with van der Waals surface area (Å²) < 4.78 is 64.4. The van der Waals surface area contributed by atoms with Crippen LogP contribution >= 0.6 is 23.4 Å². The van der Waals surface area contributed by atoms with Gasteiger partial charge in [-0.3, -0.25) is 4.79 Å². The minimum Gasteiger partial charge on any atom is -0.316 e. The number of thioether (sulfide) groups is 1. The molecule has 2 heterocycles. The second-order valence-corrected chi connectivity index (χ2v) is 11.1. The van der Waals surface area contributed by atoms with Crippen molar-refractivity contribution in [1.82, 2.24) is 0 Å². The summed E-state index contributed by atoms with van der Waals surface area (Å²) in [4.78, 5) is 18.1. The van der Waals surface area contributed by atoms with Crippen molar-refractivity contribution in [3.05, 3.63) is 64.7 Å². The van der Waals surface area contributed by atoms with E-state index in [2.05, 4.69) is 4.99 Å². The van der Waals surface area contributed by atoms with Gasteiger partial charge in [-0.05, 0) is 23.8 Å². The molecule has 2 aliphatic heterocycles. The summed E-state index contributed by atoms with van der Waals surface area (Å²) in [6, 6.07) is 11.7. The fourth-order valence-corrected chi connectivity index (χ4v) is 7.82. The Hall–Kier alpha value is -2.04. The zero-order valence-electron chi connectivity index (χ0n) is 15.8. The van der Waals surface area contributed by atoms with Crippen LogP contribution in [0, 0.1) is 0 Å². The molecule has 0 unspecified atom stereocenters. The predicted octanol–water partition coefficient (Wildman–Crippen LogP) is 4.20. The lowest BCUT2D eigenvalue weighted by molar-refractivity contribution is -0.137. The highest BCUT2D eigenvalue weighted by Crippen LogP contribution is 2.43. The summed E-state index contributed by atoms with van der Waals surface area (Å²) in [5, 5.41) is -0.683. The molecular formula is C20H16ClF3N2O3S2. The van der Waals surface area contributed by atoms with Crippen LogP contribution in [0.3, 0.4) is 0 Å². The first-order valence-corrected chi connectivity index (χ1v) is 12.3. The van der Waals surface area contributed by atoms with Gasteiger partial charge in [-0.1, -0.05) is 53.7 Å². The molecule has 0 aromatic heterocycles. The van der Waals surface area contributed by atoms with Gasteiger partial charge < -0.3 is 4.90 Å². The number of carbonyl (C=O) groups excluding carboxylic acids is 1. The smallest absolute Gasteiger partial charge is 0.316 e. The lowest BCUT2D eigenvalue weighted by Gasteiger charge is -2.25. The van der Waals surface area contributed by atoms with E-state index < -0.39 is 43.8 Å². The molecule has 2 saturated heterocycles. The Kier molecular flexibility index (Phi) is 5.82. The summed E-state index contributed by atoms with van der Waals surface area (Å²) in [7, 11) is -3.34. The SMILES string of the molecule is O=C(Cc1ccccc1)N=C1S[C@@H]2CS(=O)(=O)C[C@@H]2N1c1ccc(Cl)c(C(F)(F)F)c1. The number of halogens is 4. The standard InChI is InChI=1S/C20H16ClF3N2O3S2/c21-15-7-6-13(9-14(15)20(22,23)24)26-16-10-31(28,29)11-17(16)30-19(26)25-18(27)8-12-4-2-1-3-5-12/h1-7,9,16-17H,8,10-11H2/t16-,17+/m0/s1. The van der Waals surface area contributed by atoms with E-state index in [4.69, 9.17) is 11.6 Å². The highest BCUT2D eigenvalue weighted by atomic mass is 35.5. The Morgan fingerprint density at radius 2 is 1.87 bits per heavy atom. The number of sulfone groups is 1. The second-order valence-electron chi connectivity index (χ2n) is 7.28. The molecule has 2 atom stereocenters. The maximum absolute atomic E-state index is 13.4. The van der Waals surface area contributed by atoms with Gasteiger partial charge in [0, 0.05) is 10.9 Å². The van der Waals surface area contributed by atoms with Gasteiger partial charge in [0.05, 0.1) is 34.6 Å². The van der Waals surface area contributed by atoms with Crippen LogP contribution in [0.1, 0.15) is 11.1 Å². The van der Waals surface area contributed by atoms with Crippen molar-refractivity contribution < 1.29 is 26.4 Å². The van der Waals surface area contributed by atoms with Crippen molar-refractivity contribution in [1.29, 1.82) is 0 Å². The minimum atomic E-state index is -4.68. The Balaban J connectivity index is 1.71. The molecule has 164 valence electrons. The first-order valence-electron chi connectivity index (χ1n) is 9.22. The number of anilines is 1. The average Bonchev–Trinajstić information content (AvgIpc) is 3.13. The quantitative estimate of drug-likeness (QED) is 0.647. The maximum Gasteiger partial charge on any atom is 0.417 e. The number of fused-ring (bicyclic) bond motifs is 1. The van der Waals surface area contributed by atoms with Crippen LogP contribution in [0.2, 0.25) is 5.02 Å². The zero-order chi connectivity index (χ0) is 22.4. The molecule has 2 aromatic rings. The Bertz CT molecular complexity index is 1150. The van der Waals surface area contributed by atoms with Crippen molar-refractivity contribution in [2.45, 2.75) is 23.9 Å². The van der Waals surface area contributed by atoms with E-state index in [1.54, 1.807) is 24.3 Å². The van der Waals surface area contributed by atoms with Gasteiger partial charge in [-0.2, -0.15) is 18.2 Å². The highest BCUT2D eigenvalue weighted by molar-refractivity contribution is 8.16. The number of hydrogen-bond acceptors (Lipinski definition) is 4. The van der Waals surface area contributed by atoms with E-state index in [9.17, 15) is 26.4 Å². The summed E-state index contributed by atoms with van der Waals surface area (Å²) in [6.45, 7) is 0. The average molecular weight is 489 g/mol. The molecule has 31 heavy (non-hydrogen) atoms. The van der Waals surface area contributed by atoms with Crippen molar-refractivity contribution in [2.24, 2.45) is 4.99 Å². The highest BCUT2D eigenvalue weighted by Gasteiger charge is 2.49. The van der Waals surface area contributed by atoms with Gasteiger partial charge in [0.25, 0.3) is 5.91 Å². The number of nitrogens with zero attached hydrogens (tertiary/aromatic N) is 2. The molecule has 2 fully saturated rings. The molecule has 0 radical (unpaired) electrons. The fourth-order valence-electron chi connectivity index (χ4n) is 3.66. The van der Waals surface area contributed by atoms with Crippen LogP contribution in [0.5, 0.6) is 0 Å². The van der Waals surface area contributed by atoms with E-state index in [0.717, 1.165) is 29.5 Å². The Morgan fingerprint density at radius 3 is 2.55 bits per heavy atom. The van der Waals surface area contributed by atoms with Gasteiger partial charge in [0.15, 0.2) is 15.0 Å². The number of benzene rings is 2. The van der Waals surface area contributed by atoms with E-state index >= 15 is 0 Å². The first kappa shape index (κ1) is 22.2. The number of alkyl halides is 3. The number of rotatable bonds is 3. The molecular weight excluding hydrogens is 473 g/mol. The molecule has 1 amide bonds. The maximum atomic E-state index is 13.4. The molecule has 5 nitrogen and oxygen atoms in total. The molecule has 2 aromatic carbocycles. The van der Waals surface area contributed by atoms with E-state index in [-0.39, 0.29) is 28.8 Å². The molecule has 0 aliphatic carbocycles. The zero-order valence-corrected chi connectivity index (χ0v) is 18.2. The largest absolute Gasteiger partial charge is 0.417 e. The molecule has 0 spiro atoms. The topological polar surface area (TPSA) is 66.8 Å². The molecule has 0 N–H and O–H groups in total. The van der Waals surface area contributed by atoms with Crippen molar-refractivity contribution in [2.75, 3.05) is 16.4 Å². The van der Waals surface area contributed by atoms with E-state index in [0.29, 0.717) is 0 Å². The normalized spacial score (nSPS) is 23.9. The van der Waals surface area contributed by atoms with Crippen molar-refractivity contribution >= 4 is 50.0 Å². The summed E-state index contributed by atoms with van der Waals surface area (Å²) in [5.74, 6) is -0.808. The van der Waals surface area contributed by atoms with Gasteiger partial charge in [0.1, 0.15) is 0 Å². The molecule has 0 bridgehead atoms. The third-order valence-electron chi connectivity index (χ3n) is 5.02. The Morgan fingerprint density at radius 1 is 1.16 bits per heavy atom. The number of carbonyl (C=O) groups is 1. The number of amidine groups is 1. The van der Waals surface area contributed by atoms with Crippen LogP contribution in [-0.4, -0.2) is 42.3 Å². The van der Waals surface area contributed by atoms with Crippen LogP contribution in [0.4, 0.5) is 18.9 Å². The molecule has 4 rings (SSSR count). The third-order valence-corrected chi connectivity index (χ3v) is 8.56. The molecule has 2 aliphatic rings. The lowest BCUT2D eigenvalue weighted by Crippen LogP contribution is -2.38. The van der Waals surface area contributed by atoms with Crippen molar-refractivity contribution in [3.8, 4) is 0 Å². The van der Waals surface area contributed by atoms with Crippen LogP contribution in [-0.2, 0) is 27.2 Å². The third kappa shape index (κ3) is 4.75. The van der Waals surface area contributed by atoms with E-state index in [1.165, 1.54) is 11.0 Å². The van der Waals surface area contributed by atoms with Crippen LogP contribution < -0.4 is 4.90 Å². The minimum absolute atomic E-state index is 0.0286. The van der Waals surface area contributed by atoms with E-state index in [1.807, 2.05) is 6.07 Å². The van der Waals surface area contributed by atoms with Gasteiger partial charge in [-0.25, -0.2) is 8.42 Å². The fraction of sp³-hybridized carbons (Fsp3) is 0.300. The van der Waals surface area contributed by atoms with Gasteiger partial charge >= 0.3 is 6.18 Å². The Labute approximate surface area is 186 Å². The predicted molar refractivity (Wildman–Crippen MR) is 115 cm³/mol. The summed E-state index contributed by atoms with van der Waals surface area (Å²) in [6.07, 6.45) is -4.65. The van der Waals surface area contributed by atoms with Crippen molar-refractivity contribution in [3.63, 3.8) is 0 Å². The molecule has 0 saturated carbocycles. The van der Waals surface area contributed by atoms with Gasteiger partial charge in [0.2, 0.25) is 0 Å². The van der Waals surface area contributed by atoms with Crippen LogP contribution in [0.15, 0.2) is 53.5 Å². The number of amides is 1. The lowest BCUT2D eigenvalue weighted by atomic mass is 10.1.